The van der Waals surface area contributed by atoms with Crippen LogP contribution in [0.5, 0.6) is 0 Å². The smallest absolute Gasteiger partial charge is 0.324 e. The predicted octanol–water partition coefficient (Wildman–Crippen LogP) is 4.42. The molecule has 3 aromatic rings. The van der Waals surface area contributed by atoms with Gasteiger partial charge in [0.05, 0.1) is 22.3 Å². The number of hydrogen-bond acceptors (Lipinski definition) is 3. The van der Waals surface area contributed by atoms with Crippen LogP contribution in [0.1, 0.15) is 5.56 Å². The van der Waals surface area contributed by atoms with Crippen molar-refractivity contribution < 1.29 is 18.0 Å². The van der Waals surface area contributed by atoms with E-state index < -0.39 is 17.6 Å². The van der Waals surface area contributed by atoms with Crippen molar-refractivity contribution in [3.63, 3.8) is 0 Å². The Kier molecular flexibility index (Phi) is 4.71. The van der Waals surface area contributed by atoms with Crippen LogP contribution >= 0.6 is 11.8 Å². The number of carbonyl (C=O) groups is 1. The fraction of sp³-hybridized carbons (Fsp3) is 0.176. The molecule has 4 nitrogen and oxygen atoms in total. The molecule has 0 aliphatic rings. The zero-order valence-corrected chi connectivity index (χ0v) is 14.0. The van der Waals surface area contributed by atoms with Crippen LogP contribution in [0.4, 0.5) is 18.9 Å². The normalized spacial score (nSPS) is 11.7. The third-order valence-corrected chi connectivity index (χ3v) is 4.29. The van der Waals surface area contributed by atoms with Gasteiger partial charge in [-0.3, -0.25) is 4.79 Å². The van der Waals surface area contributed by atoms with Gasteiger partial charge in [-0.1, -0.05) is 36.0 Å². The topological polar surface area (TPSA) is 46.9 Å². The van der Waals surface area contributed by atoms with Crippen molar-refractivity contribution in [2.45, 2.75) is 17.9 Å². The molecule has 1 N–H and O–H groups in total. The summed E-state index contributed by atoms with van der Waals surface area (Å²) < 4.78 is 40.8. The van der Waals surface area contributed by atoms with Gasteiger partial charge in [0.2, 0.25) is 5.91 Å². The van der Waals surface area contributed by atoms with Gasteiger partial charge in [-0.15, -0.1) is 0 Å². The number of alkyl halides is 3. The van der Waals surface area contributed by atoms with Crippen molar-refractivity contribution >= 4 is 34.4 Å². The van der Waals surface area contributed by atoms with E-state index in [1.165, 1.54) is 30.0 Å². The predicted molar refractivity (Wildman–Crippen MR) is 91.6 cm³/mol. The molecular weight excluding hydrogens is 351 g/mol. The average molecular weight is 365 g/mol. The largest absolute Gasteiger partial charge is 0.418 e. The molecule has 0 atom stereocenters. The molecule has 0 spiro atoms. The molecule has 0 fully saturated rings. The van der Waals surface area contributed by atoms with Gasteiger partial charge < -0.3 is 9.88 Å². The summed E-state index contributed by atoms with van der Waals surface area (Å²) in [5.74, 6) is -0.546. The van der Waals surface area contributed by atoms with E-state index in [-0.39, 0.29) is 12.2 Å². The molecule has 130 valence electrons. The van der Waals surface area contributed by atoms with Crippen molar-refractivity contribution in [1.29, 1.82) is 0 Å². The summed E-state index contributed by atoms with van der Waals surface area (Å²) in [6, 6.07) is 12.2. The van der Waals surface area contributed by atoms with E-state index in [0.717, 1.165) is 17.1 Å². The van der Waals surface area contributed by atoms with Crippen LogP contribution in [0.25, 0.3) is 11.0 Å². The van der Waals surface area contributed by atoms with Crippen molar-refractivity contribution in [1.82, 2.24) is 9.55 Å². The van der Waals surface area contributed by atoms with Gasteiger partial charge in [-0.25, -0.2) is 4.98 Å². The second kappa shape index (κ2) is 6.79. The summed E-state index contributed by atoms with van der Waals surface area (Å²) in [5.41, 5.74) is 0.362. The van der Waals surface area contributed by atoms with E-state index in [9.17, 15) is 18.0 Å². The van der Waals surface area contributed by atoms with Crippen LogP contribution in [0.15, 0.2) is 53.7 Å². The molecule has 0 saturated carbocycles. The first kappa shape index (κ1) is 17.3. The fourth-order valence-corrected chi connectivity index (χ4v) is 3.11. The highest BCUT2D eigenvalue weighted by molar-refractivity contribution is 7.98. The first-order valence-corrected chi connectivity index (χ1v) is 8.58. The highest BCUT2D eigenvalue weighted by Crippen LogP contribution is 2.34. The fourth-order valence-electron chi connectivity index (χ4n) is 2.53. The highest BCUT2D eigenvalue weighted by atomic mass is 32.2. The van der Waals surface area contributed by atoms with Gasteiger partial charge >= 0.3 is 6.18 Å². The Bertz CT molecular complexity index is 921. The maximum atomic E-state index is 13.0. The number of rotatable bonds is 4. The number of aromatic nitrogens is 2. The monoisotopic (exact) mass is 365 g/mol. The standard InChI is InChI=1S/C17H14F3N3OS/c1-25-16-22-13-8-4-5-9-14(13)23(16)10-15(24)21-12-7-3-2-6-11(12)17(18,19)20/h2-9H,10H2,1H3,(H,21,24). The van der Waals surface area contributed by atoms with Gasteiger partial charge in [-0.05, 0) is 30.5 Å². The van der Waals surface area contributed by atoms with Crippen molar-refractivity contribution in [3.05, 3.63) is 54.1 Å². The first-order valence-electron chi connectivity index (χ1n) is 7.35. The number of amides is 1. The Morgan fingerprint density at radius 1 is 1.16 bits per heavy atom. The van der Waals surface area contributed by atoms with Gasteiger partial charge in [0.25, 0.3) is 0 Å². The number of thioether (sulfide) groups is 1. The number of carbonyl (C=O) groups excluding carboxylic acids is 1. The molecule has 0 bridgehead atoms. The Morgan fingerprint density at radius 2 is 1.84 bits per heavy atom. The Morgan fingerprint density at radius 3 is 2.56 bits per heavy atom. The van der Waals surface area contributed by atoms with Gasteiger partial charge in [-0.2, -0.15) is 13.2 Å². The molecule has 0 aliphatic heterocycles. The molecule has 0 unspecified atom stereocenters. The quantitative estimate of drug-likeness (QED) is 0.697. The number of nitrogens with one attached hydrogen (secondary N) is 1. The van der Waals surface area contributed by atoms with Gasteiger partial charge in [0, 0.05) is 0 Å². The maximum absolute atomic E-state index is 13.0. The third-order valence-electron chi connectivity index (χ3n) is 3.61. The maximum Gasteiger partial charge on any atom is 0.418 e. The van der Waals surface area contributed by atoms with E-state index in [4.69, 9.17) is 0 Å². The number of nitrogens with zero attached hydrogens (tertiary/aromatic N) is 2. The van der Waals surface area contributed by atoms with Crippen LogP contribution in [0.3, 0.4) is 0 Å². The van der Waals surface area contributed by atoms with Crippen LogP contribution in [-0.2, 0) is 17.5 Å². The van der Waals surface area contributed by atoms with E-state index in [0.29, 0.717) is 5.16 Å². The molecule has 0 radical (unpaired) electrons. The number of halogens is 3. The minimum absolute atomic E-state index is 0.122. The summed E-state index contributed by atoms with van der Waals surface area (Å²) in [7, 11) is 0. The molecule has 3 rings (SSSR count). The second-order valence-electron chi connectivity index (χ2n) is 5.26. The number of anilines is 1. The number of benzene rings is 2. The number of imidazole rings is 1. The third kappa shape index (κ3) is 3.63. The zero-order valence-electron chi connectivity index (χ0n) is 13.2. The zero-order chi connectivity index (χ0) is 18.0. The van der Waals surface area contributed by atoms with Crippen LogP contribution in [0, 0.1) is 0 Å². The number of fused-ring (bicyclic) bond motifs is 1. The first-order chi connectivity index (χ1) is 11.9. The Balaban J connectivity index is 1.88. The van der Waals surface area contributed by atoms with Crippen molar-refractivity contribution in [3.8, 4) is 0 Å². The van der Waals surface area contributed by atoms with Gasteiger partial charge in [0.15, 0.2) is 5.16 Å². The van der Waals surface area contributed by atoms with Crippen molar-refractivity contribution in [2.75, 3.05) is 11.6 Å². The summed E-state index contributed by atoms with van der Waals surface area (Å²) >= 11 is 1.37. The summed E-state index contributed by atoms with van der Waals surface area (Å²) in [6.07, 6.45) is -2.70. The molecule has 2 aromatic carbocycles. The minimum Gasteiger partial charge on any atom is -0.324 e. The molecular formula is C17H14F3N3OS. The lowest BCUT2D eigenvalue weighted by Gasteiger charge is -2.14. The molecule has 8 heteroatoms. The van der Waals surface area contributed by atoms with E-state index in [1.807, 2.05) is 30.5 Å². The Hall–Kier alpha value is -2.48. The van der Waals surface area contributed by atoms with Crippen LogP contribution in [-0.4, -0.2) is 21.7 Å². The highest BCUT2D eigenvalue weighted by Gasteiger charge is 2.33. The summed E-state index contributed by atoms with van der Waals surface area (Å²) in [4.78, 5) is 16.7. The van der Waals surface area contributed by atoms with Crippen molar-refractivity contribution in [2.24, 2.45) is 0 Å². The lowest BCUT2D eigenvalue weighted by molar-refractivity contribution is -0.137. The molecule has 1 heterocycles. The van der Waals surface area contributed by atoms with Crippen LogP contribution < -0.4 is 5.32 Å². The molecule has 25 heavy (non-hydrogen) atoms. The number of hydrogen-bond donors (Lipinski definition) is 1. The SMILES string of the molecule is CSc1nc2ccccc2n1CC(=O)Nc1ccccc1C(F)(F)F. The summed E-state index contributed by atoms with van der Waals surface area (Å²) in [5, 5.41) is 2.98. The molecule has 1 aromatic heterocycles. The van der Waals surface area contributed by atoms with E-state index in [2.05, 4.69) is 10.3 Å². The van der Waals surface area contributed by atoms with E-state index >= 15 is 0 Å². The molecule has 1 amide bonds. The average Bonchev–Trinajstić information content (AvgIpc) is 2.92. The second-order valence-corrected chi connectivity index (χ2v) is 6.04. The lowest BCUT2D eigenvalue weighted by Crippen LogP contribution is -2.21. The minimum atomic E-state index is -4.53. The molecule has 0 aliphatic carbocycles. The summed E-state index contributed by atoms with van der Waals surface area (Å²) in [6.45, 7) is -0.122. The van der Waals surface area contributed by atoms with E-state index in [1.54, 1.807) is 4.57 Å². The number of para-hydroxylation sites is 3. The van der Waals surface area contributed by atoms with Gasteiger partial charge in [0.1, 0.15) is 6.54 Å². The Labute approximate surface area is 146 Å². The lowest BCUT2D eigenvalue weighted by atomic mass is 10.1. The van der Waals surface area contributed by atoms with Crippen LogP contribution in [0.2, 0.25) is 0 Å². The molecule has 0 saturated heterocycles.